The summed E-state index contributed by atoms with van der Waals surface area (Å²) in [6, 6.07) is 10.5. The van der Waals surface area contributed by atoms with Crippen LogP contribution in [-0.2, 0) is 17.6 Å². The van der Waals surface area contributed by atoms with E-state index in [0.717, 1.165) is 19.3 Å². The van der Waals surface area contributed by atoms with Crippen molar-refractivity contribution in [2.75, 3.05) is 7.05 Å². The van der Waals surface area contributed by atoms with Crippen LogP contribution in [0.1, 0.15) is 30.9 Å². The van der Waals surface area contributed by atoms with E-state index in [1.807, 2.05) is 20.0 Å². The molecule has 0 radical (unpaired) electrons. The summed E-state index contributed by atoms with van der Waals surface area (Å²) in [4.78, 5) is 14.2. The van der Waals surface area contributed by atoms with Crippen molar-refractivity contribution in [1.29, 1.82) is 5.26 Å². The first-order valence-electron chi connectivity index (χ1n) is 6.84. The molecule has 0 aromatic heterocycles. The normalized spacial score (nSPS) is 19.1. The topological polar surface area (TPSA) is 44.1 Å². The summed E-state index contributed by atoms with van der Waals surface area (Å²) >= 11 is 0. The van der Waals surface area contributed by atoms with Crippen molar-refractivity contribution in [1.82, 2.24) is 4.90 Å². The molecular formula is C16H20N2O. The highest BCUT2D eigenvalue weighted by molar-refractivity contribution is 5.79. The maximum atomic E-state index is 12.4. The summed E-state index contributed by atoms with van der Waals surface area (Å²) in [5.74, 6) is 0.248. The molecule has 0 spiro atoms. The summed E-state index contributed by atoms with van der Waals surface area (Å²) < 4.78 is 0. The lowest BCUT2D eigenvalue weighted by Crippen LogP contribution is -2.40. The molecular weight excluding hydrogens is 236 g/mol. The Morgan fingerprint density at radius 3 is 2.84 bits per heavy atom. The molecule has 1 amide bonds. The molecule has 2 atom stereocenters. The maximum absolute atomic E-state index is 12.4. The lowest BCUT2D eigenvalue weighted by Gasteiger charge is -2.30. The molecule has 1 aromatic carbocycles. The number of nitriles is 1. The molecule has 0 aliphatic heterocycles. The molecule has 0 saturated carbocycles. The predicted molar refractivity (Wildman–Crippen MR) is 74.4 cm³/mol. The number of fused-ring (bicyclic) bond motifs is 1. The van der Waals surface area contributed by atoms with Crippen molar-refractivity contribution < 1.29 is 4.79 Å². The van der Waals surface area contributed by atoms with E-state index in [4.69, 9.17) is 5.26 Å². The first-order chi connectivity index (χ1) is 9.13. The molecule has 0 N–H and O–H groups in total. The van der Waals surface area contributed by atoms with Gasteiger partial charge in [0.2, 0.25) is 5.91 Å². The Morgan fingerprint density at radius 1 is 1.47 bits per heavy atom. The second kappa shape index (κ2) is 5.88. The maximum Gasteiger partial charge on any atom is 0.226 e. The summed E-state index contributed by atoms with van der Waals surface area (Å²) in [7, 11) is 1.81. The lowest BCUT2D eigenvalue weighted by atomic mass is 9.83. The molecule has 0 saturated heterocycles. The number of rotatable bonds is 3. The van der Waals surface area contributed by atoms with E-state index in [1.165, 1.54) is 11.1 Å². The third-order valence-electron chi connectivity index (χ3n) is 4.09. The first kappa shape index (κ1) is 13.6. The van der Waals surface area contributed by atoms with E-state index >= 15 is 0 Å². The van der Waals surface area contributed by atoms with Gasteiger partial charge in [-0.25, -0.2) is 0 Å². The largest absolute Gasteiger partial charge is 0.342 e. The molecule has 2 unspecified atom stereocenters. The second-order valence-corrected chi connectivity index (χ2v) is 5.37. The zero-order valence-electron chi connectivity index (χ0n) is 11.6. The van der Waals surface area contributed by atoms with Gasteiger partial charge in [0.25, 0.3) is 0 Å². The zero-order chi connectivity index (χ0) is 13.8. The van der Waals surface area contributed by atoms with E-state index < -0.39 is 0 Å². The van der Waals surface area contributed by atoms with Crippen molar-refractivity contribution >= 4 is 5.91 Å². The average Bonchev–Trinajstić information content (AvgIpc) is 2.45. The van der Waals surface area contributed by atoms with Gasteiger partial charge in [-0.05, 0) is 37.3 Å². The molecule has 1 aliphatic rings. The highest BCUT2D eigenvalue weighted by atomic mass is 16.2. The van der Waals surface area contributed by atoms with Crippen LogP contribution in [-0.4, -0.2) is 23.9 Å². The summed E-state index contributed by atoms with van der Waals surface area (Å²) in [5, 5.41) is 8.72. The second-order valence-electron chi connectivity index (χ2n) is 5.37. The van der Waals surface area contributed by atoms with Gasteiger partial charge in [0.05, 0.1) is 12.5 Å². The minimum Gasteiger partial charge on any atom is -0.342 e. The van der Waals surface area contributed by atoms with E-state index in [-0.39, 0.29) is 17.9 Å². The van der Waals surface area contributed by atoms with Gasteiger partial charge in [-0.3, -0.25) is 4.79 Å². The fourth-order valence-corrected chi connectivity index (χ4v) is 2.68. The van der Waals surface area contributed by atoms with Gasteiger partial charge in [-0.2, -0.15) is 5.26 Å². The fraction of sp³-hybridized carbons (Fsp3) is 0.500. The molecule has 0 bridgehead atoms. The van der Waals surface area contributed by atoms with Crippen LogP contribution >= 0.6 is 0 Å². The molecule has 1 aliphatic carbocycles. The van der Waals surface area contributed by atoms with Crippen LogP contribution < -0.4 is 0 Å². The molecule has 100 valence electrons. The van der Waals surface area contributed by atoms with Gasteiger partial charge in [0.1, 0.15) is 0 Å². The Labute approximate surface area is 114 Å². The van der Waals surface area contributed by atoms with Gasteiger partial charge in [0.15, 0.2) is 0 Å². The predicted octanol–water partition coefficient (Wildman–Crippen LogP) is 2.55. The smallest absolute Gasteiger partial charge is 0.226 e. The molecule has 0 heterocycles. The molecule has 0 fully saturated rings. The van der Waals surface area contributed by atoms with E-state index in [0.29, 0.717) is 6.42 Å². The van der Waals surface area contributed by atoms with Crippen LogP contribution in [0.3, 0.4) is 0 Å². The van der Waals surface area contributed by atoms with E-state index in [1.54, 1.807) is 4.90 Å². The number of nitrogens with zero attached hydrogens (tertiary/aromatic N) is 2. The standard InChI is InChI=1S/C16H20N2O/c1-12(9-10-17)18(2)16(19)15-8-7-13-5-3-4-6-14(13)11-15/h3-6,12,15H,7-9,11H2,1-2H3. The van der Waals surface area contributed by atoms with Crippen LogP contribution in [0.2, 0.25) is 0 Å². The van der Waals surface area contributed by atoms with Crippen LogP contribution in [0.4, 0.5) is 0 Å². The van der Waals surface area contributed by atoms with Gasteiger partial charge >= 0.3 is 0 Å². The number of benzene rings is 1. The number of amides is 1. The molecule has 1 aromatic rings. The number of carbonyl (C=O) groups excluding carboxylic acids is 1. The van der Waals surface area contributed by atoms with E-state index in [2.05, 4.69) is 24.3 Å². The molecule has 3 nitrogen and oxygen atoms in total. The number of hydrogen-bond acceptors (Lipinski definition) is 2. The van der Waals surface area contributed by atoms with Crippen LogP contribution in [0.5, 0.6) is 0 Å². The molecule has 19 heavy (non-hydrogen) atoms. The Balaban J connectivity index is 2.05. The Hall–Kier alpha value is -1.82. The minimum atomic E-state index is -0.00493. The van der Waals surface area contributed by atoms with Crippen molar-refractivity contribution in [3.63, 3.8) is 0 Å². The fourth-order valence-electron chi connectivity index (χ4n) is 2.68. The Kier molecular flexibility index (Phi) is 4.21. The van der Waals surface area contributed by atoms with E-state index in [9.17, 15) is 4.79 Å². The van der Waals surface area contributed by atoms with Crippen molar-refractivity contribution in [3.05, 3.63) is 35.4 Å². The van der Waals surface area contributed by atoms with Gasteiger partial charge < -0.3 is 4.90 Å². The summed E-state index contributed by atoms with van der Waals surface area (Å²) in [6.45, 7) is 1.93. The highest BCUT2D eigenvalue weighted by Gasteiger charge is 2.28. The van der Waals surface area contributed by atoms with Gasteiger partial charge in [-0.15, -0.1) is 0 Å². The molecule has 3 heteroatoms. The van der Waals surface area contributed by atoms with Crippen molar-refractivity contribution in [2.45, 2.75) is 38.6 Å². The SMILES string of the molecule is CC(CC#N)N(C)C(=O)C1CCc2ccccc2C1. The van der Waals surface area contributed by atoms with Gasteiger partial charge in [-0.1, -0.05) is 24.3 Å². The van der Waals surface area contributed by atoms with Crippen molar-refractivity contribution in [3.8, 4) is 6.07 Å². The summed E-state index contributed by atoms with van der Waals surface area (Å²) in [5.41, 5.74) is 2.67. The minimum absolute atomic E-state index is 0.00493. The summed E-state index contributed by atoms with van der Waals surface area (Å²) in [6.07, 6.45) is 3.12. The van der Waals surface area contributed by atoms with Crippen LogP contribution in [0, 0.1) is 17.2 Å². The third-order valence-corrected chi connectivity index (χ3v) is 4.09. The average molecular weight is 256 g/mol. The lowest BCUT2D eigenvalue weighted by molar-refractivity contribution is -0.136. The zero-order valence-corrected chi connectivity index (χ0v) is 11.6. The van der Waals surface area contributed by atoms with Gasteiger partial charge in [0, 0.05) is 19.0 Å². The van der Waals surface area contributed by atoms with Crippen LogP contribution in [0.25, 0.3) is 0 Å². The Bertz CT molecular complexity index is 504. The van der Waals surface area contributed by atoms with Crippen molar-refractivity contribution in [2.24, 2.45) is 5.92 Å². The first-order valence-corrected chi connectivity index (χ1v) is 6.84. The quantitative estimate of drug-likeness (QED) is 0.834. The molecule has 2 rings (SSSR count). The number of aryl methyl sites for hydroxylation is 1. The Morgan fingerprint density at radius 2 is 2.16 bits per heavy atom. The number of hydrogen-bond donors (Lipinski definition) is 0. The van der Waals surface area contributed by atoms with Crippen LogP contribution in [0.15, 0.2) is 24.3 Å². The monoisotopic (exact) mass is 256 g/mol. The number of carbonyl (C=O) groups is 1. The highest BCUT2D eigenvalue weighted by Crippen LogP contribution is 2.27. The third kappa shape index (κ3) is 2.96.